The fourth-order valence-electron chi connectivity index (χ4n) is 2.36. The summed E-state index contributed by atoms with van der Waals surface area (Å²) in [6.07, 6.45) is 2.30. The number of aromatic nitrogens is 2. The first-order chi connectivity index (χ1) is 8.47. The molecule has 1 N–H and O–H groups in total. The molecule has 0 bridgehead atoms. The van der Waals surface area contributed by atoms with Gasteiger partial charge in [-0.2, -0.15) is 4.98 Å². The maximum Gasteiger partial charge on any atom is 0.227 e. The van der Waals surface area contributed by atoms with Crippen LogP contribution >= 0.6 is 0 Å². The van der Waals surface area contributed by atoms with E-state index in [4.69, 9.17) is 4.52 Å². The van der Waals surface area contributed by atoms with Crippen molar-refractivity contribution in [1.29, 1.82) is 0 Å². The van der Waals surface area contributed by atoms with Crippen LogP contribution in [-0.2, 0) is 6.42 Å². The first-order valence-corrected chi connectivity index (χ1v) is 6.70. The van der Waals surface area contributed by atoms with Gasteiger partial charge in [0.05, 0.1) is 0 Å². The zero-order valence-corrected chi connectivity index (χ0v) is 11.8. The monoisotopic (exact) mass is 252 g/mol. The summed E-state index contributed by atoms with van der Waals surface area (Å²) in [5.41, 5.74) is 0.295. The molecule has 5 nitrogen and oxygen atoms in total. The molecule has 0 radical (unpaired) electrons. The van der Waals surface area contributed by atoms with Gasteiger partial charge in [0.1, 0.15) is 0 Å². The van der Waals surface area contributed by atoms with Crippen LogP contribution in [0.1, 0.15) is 33.6 Å². The minimum absolute atomic E-state index is 0.295. The lowest BCUT2D eigenvalue weighted by Crippen LogP contribution is -2.59. The fraction of sp³-hybridized carbons (Fsp3) is 0.846. The molecule has 1 fully saturated rings. The van der Waals surface area contributed by atoms with Gasteiger partial charge in [0.15, 0.2) is 6.33 Å². The van der Waals surface area contributed by atoms with Crippen molar-refractivity contribution < 1.29 is 4.52 Å². The van der Waals surface area contributed by atoms with Crippen LogP contribution < -0.4 is 5.32 Å². The van der Waals surface area contributed by atoms with E-state index in [-0.39, 0.29) is 0 Å². The quantitative estimate of drug-likeness (QED) is 0.879. The summed E-state index contributed by atoms with van der Waals surface area (Å²) in [6, 6.07) is 1.10. The van der Waals surface area contributed by atoms with Crippen LogP contribution in [0.25, 0.3) is 0 Å². The van der Waals surface area contributed by atoms with Gasteiger partial charge in [0.2, 0.25) is 5.89 Å². The summed E-state index contributed by atoms with van der Waals surface area (Å²) in [7, 11) is 0. The minimum Gasteiger partial charge on any atom is -0.340 e. The van der Waals surface area contributed by atoms with Crippen LogP contribution in [0, 0.1) is 5.41 Å². The van der Waals surface area contributed by atoms with Crippen molar-refractivity contribution >= 4 is 0 Å². The van der Waals surface area contributed by atoms with E-state index in [2.05, 4.69) is 48.1 Å². The molecule has 102 valence electrons. The third kappa shape index (κ3) is 3.29. The molecule has 0 aliphatic carbocycles. The van der Waals surface area contributed by atoms with Gasteiger partial charge < -0.3 is 9.84 Å². The second-order valence-corrected chi connectivity index (χ2v) is 6.26. The zero-order chi connectivity index (χ0) is 13.2. The molecule has 18 heavy (non-hydrogen) atoms. The predicted molar refractivity (Wildman–Crippen MR) is 70.3 cm³/mol. The normalized spacial score (nSPS) is 26.4. The molecule has 1 saturated heterocycles. The topological polar surface area (TPSA) is 54.2 Å². The molecular formula is C13H24N4O. The largest absolute Gasteiger partial charge is 0.340 e. The number of piperazine rings is 1. The smallest absolute Gasteiger partial charge is 0.227 e. The van der Waals surface area contributed by atoms with Crippen LogP contribution in [0.5, 0.6) is 0 Å². The highest BCUT2D eigenvalue weighted by Crippen LogP contribution is 2.23. The maximum atomic E-state index is 5.05. The van der Waals surface area contributed by atoms with Crippen molar-refractivity contribution in [3.8, 4) is 0 Å². The van der Waals surface area contributed by atoms with Crippen LogP contribution in [0.3, 0.4) is 0 Å². The Morgan fingerprint density at radius 1 is 1.50 bits per heavy atom. The Morgan fingerprint density at radius 2 is 2.28 bits per heavy atom. The first kappa shape index (κ1) is 13.5. The number of hydrogen-bond donors (Lipinski definition) is 1. The van der Waals surface area contributed by atoms with Gasteiger partial charge >= 0.3 is 0 Å². The van der Waals surface area contributed by atoms with E-state index in [0.717, 1.165) is 31.9 Å². The van der Waals surface area contributed by atoms with Crippen LogP contribution in [0.2, 0.25) is 0 Å². The van der Waals surface area contributed by atoms with Gasteiger partial charge in [-0.05, 0) is 12.3 Å². The molecule has 0 amide bonds. The Morgan fingerprint density at radius 3 is 2.89 bits per heavy atom. The van der Waals surface area contributed by atoms with Gasteiger partial charge in [0.25, 0.3) is 0 Å². The van der Waals surface area contributed by atoms with E-state index in [1.54, 1.807) is 0 Å². The number of nitrogens with zero attached hydrogens (tertiary/aromatic N) is 3. The van der Waals surface area contributed by atoms with Crippen molar-refractivity contribution in [3.63, 3.8) is 0 Å². The molecule has 1 aliphatic rings. The Kier molecular flexibility index (Phi) is 4.02. The Hall–Kier alpha value is -0.940. The summed E-state index contributed by atoms with van der Waals surface area (Å²) in [5.74, 6) is 0.730. The molecule has 1 aromatic heterocycles. The van der Waals surface area contributed by atoms with Crippen molar-refractivity contribution in [2.24, 2.45) is 5.41 Å². The lowest BCUT2D eigenvalue weighted by atomic mass is 9.85. The molecule has 0 aromatic carbocycles. The highest BCUT2D eigenvalue weighted by molar-refractivity contribution is 4.91. The Bertz CT molecular complexity index is 358. The van der Waals surface area contributed by atoms with Gasteiger partial charge in [-0.25, -0.2) is 0 Å². The predicted octanol–water partition coefficient (Wildman–Crippen LogP) is 1.32. The molecule has 1 aromatic rings. The number of nitrogens with one attached hydrogen (secondary N) is 1. The zero-order valence-electron chi connectivity index (χ0n) is 11.8. The van der Waals surface area contributed by atoms with E-state index in [0.29, 0.717) is 17.5 Å². The van der Waals surface area contributed by atoms with Gasteiger partial charge in [0, 0.05) is 38.1 Å². The van der Waals surface area contributed by atoms with Crippen molar-refractivity contribution in [2.75, 3.05) is 19.6 Å². The first-order valence-electron chi connectivity index (χ1n) is 6.70. The van der Waals surface area contributed by atoms with Crippen molar-refractivity contribution in [2.45, 2.75) is 46.2 Å². The summed E-state index contributed by atoms with van der Waals surface area (Å²) in [6.45, 7) is 12.2. The molecule has 5 heteroatoms. The van der Waals surface area contributed by atoms with E-state index >= 15 is 0 Å². The van der Waals surface area contributed by atoms with Crippen LogP contribution in [0.4, 0.5) is 0 Å². The average Bonchev–Trinajstić information content (AvgIpc) is 2.79. The molecule has 2 rings (SSSR count). The third-order valence-electron chi connectivity index (χ3n) is 3.77. The summed E-state index contributed by atoms with van der Waals surface area (Å²) >= 11 is 0. The average molecular weight is 252 g/mol. The van der Waals surface area contributed by atoms with Gasteiger partial charge in [-0.15, -0.1) is 0 Å². The van der Waals surface area contributed by atoms with Crippen molar-refractivity contribution in [3.05, 3.63) is 12.2 Å². The Labute approximate surface area is 109 Å². The van der Waals surface area contributed by atoms with Gasteiger partial charge in [-0.3, -0.25) is 4.90 Å². The van der Waals surface area contributed by atoms with E-state index in [1.165, 1.54) is 6.33 Å². The molecule has 1 aliphatic heterocycles. The van der Waals surface area contributed by atoms with E-state index in [1.807, 2.05) is 0 Å². The number of hydrogen-bond acceptors (Lipinski definition) is 5. The summed E-state index contributed by atoms with van der Waals surface area (Å²) in [4.78, 5) is 6.58. The fourth-order valence-corrected chi connectivity index (χ4v) is 2.36. The Balaban J connectivity index is 1.89. The SMILES string of the molecule is CC1CNC(C(C)(C)C)CN1CCc1ncno1. The lowest BCUT2D eigenvalue weighted by Gasteiger charge is -2.43. The van der Waals surface area contributed by atoms with Crippen LogP contribution in [0.15, 0.2) is 10.9 Å². The molecule has 0 saturated carbocycles. The highest BCUT2D eigenvalue weighted by atomic mass is 16.5. The second kappa shape index (κ2) is 5.36. The molecule has 2 unspecified atom stereocenters. The molecule has 0 spiro atoms. The molecular weight excluding hydrogens is 228 g/mol. The molecule has 2 heterocycles. The van der Waals surface area contributed by atoms with Gasteiger partial charge in [-0.1, -0.05) is 25.9 Å². The van der Waals surface area contributed by atoms with E-state index < -0.39 is 0 Å². The lowest BCUT2D eigenvalue weighted by molar-refractivity contribution is 0.0928. The molecule has 2 atom stereocenters. The maximum absolute atomic E-state index is 5.05. The van der Waals surface area contributed by atoms with Crippen molar-refractivity contribution in [1.82, 2.24) is 20.4 Å². The second-order valence-electron chi connectivity index (χ2n) is 6.26. The minimum atomic E-state index is 0.295. The highest BCUT2D eigenvalue weighted by Gasteiger charge is 2.32. The van der Waals surface area contributed by atoms with E-state index in [9.17, 15) is 0 Å². The third-order valence-corrected chi connectivity index (χ3v) is 3.77. The number of rotatable bonds is 3. The summed E-state index contributed by atoms with van der Waals surface area (Å²) in [5, 5.41) is 7.28. The summed E-state index contributed by atoms with van der Waals surface area (Å²) < 4.78 is 5.05. The van der Waals surface area contributed by atoms with Crippen LogP contribution in [-0.4, -0.2) is 46.8 Å². The standard InChI is InChI=1S/C13H24N4O/c1-10-7-14-11(13(2,3)4)8-17(10)6-5-12-15-9-16-18-12/h9-11,14H,5-8H2,1-4H3.